The fraction of sp³-hybridized carbons (Fsp3) is 0.429. The molecule has 2 aromatic rings. The summed E-state index contributed by atoms with van der Waals surface area (Å²) in [7, 11) is 0. The van der Waals surface area contributed by atoms with E-state index in [1.165, 1.54) is 10.6 Å². The van der Waals surface area contributed by atoms with E-state index in [9.17, 15) is 13.6 Å². The quantitative estimate of drug-likeness (QED) is 0.834. The van der Waals surface area contributed by atoms with E-state index in [0.717, 1.165) is 18.9 Å². The average molecular weight is 311 g/mol. The first-order chi connectivity index (χ1) is 10.1. The number of imidazole rings is 1. The molecule has 1 saturated carbocycles. The van der Waals surface area contributed by atoms with Gasteiger partial charge in [-0.15, -0.1) is 0 Å². The number of fused-ring (bicyclic) bond motifs is 1. The van der Waals surface area contributed by atoms with Gasteiger partial charge in [0.05, 0.1) is 5.52 Å². The monoisotopic (exact) mass is 311 g/mol. The van der Waals surface area contributed by atoms with Crippen molar-refractivity contribution in [3.63, 3.8) is 0 Å². The van der Waals surface area contributed by atoms with Crippen LogP contribution < -0.4 is 5.32 Å². The van der Waals surface area contributed by atoms with E-state index in [0.29, 0.717) is 35.7 Å². The number of H-pyrrole nitrogens is 1. The Morgan fingerprint density at radius 3 is 2.90 bits per heavy atom. The highest BCUT2D eigenvalue weighted by molar-refractivity contribution is 7.71. The van der Waals surface area contributed by atoms with Crippen LogP contribution in [-0.2, 0) is 11.3 Å². The maximum atomic E-state index is 13.9. The highest BCUT2D eigenvalue weighted by Gasteiger charge is 2.22. The van der Waals surface area contributed by atoms with E-state index in [4.69, 9.17) is 12.2 Å². The summed E-state index contributed by atoms with van der Waals surface area (Å²) in [6.07, 6.45) is 2.96. The number of nitrogens with one attached hydrogen (secondary N) is 2. The van der Waals surface area contributed by atoms with E-state index < -0.39 is 11.6 Å². The Labute approximate surface area is 125 Å². The summed E-state index contributed by atoms with van der Waals surface area (Å²) in [5.74, 6) is -1.82. The minimum atomic E-state index is -0.915. The molecule has 1 aromatic carbocycles. The van der Waals surface area contributed by atoms with Crippen LogP contribution in [0.15, 0.2) is 12.1 Å². The van der Waals surface area contributed by atoms with Gasteiger partial charge in [0.15, 0.2) is 16.4 Å². The molecule has 0 bridgehead atoms. The van der Waals surface area contributed by atoms with Gasteiger partial charge in [0, 0.05) is 19.0 Å². The molecule has 7 heteroatoms. The Morgan fingerprint density at radius 2 is 2.19 bits per heavy atom. The Morgan fingerprint density at radius 1 is 1.43 bits per heavy atom. The lowest BCUT2D eigenvalue weighted by molar-refractivity contribution is -0.121. The molecule has 0 unspecified atom stereocenters. The second kappa shape index (κ2) is 5.55. The van der Waals surface area contributed by atoms with Crippen molar-refractivity contribution in [1.82, 2.24) is 14.9 Å². The van der Waals surface area contributed by atoms with Crippen molar-refractivity contribution in [2.45, 2.75) is 38.3 Å². The number of benzene rings is 1. The van der Waals surface area contributed by atoms with Crippen LogP contribution in [0, 0.1) is 16.4 Å². The number of hydrogen-bond donors (Lipinski definition) is 2. The molecule has 3 rings (SSSR count). The SMILES string of the molecule is O=C(CCCn1c(=S)[nH]c2ccc(F)c(F)c21)NC1CC1. The minimum absolute atomic E-state index is 0.00416. The number of aromatic nitrogens is 2. The highest BCUT2D eigenvalue weighted by Crippen LogP contribution is 2.21. The lowest BCUT2D eigenvalue weighted by atomic mass is 10.2. The number of aryl methyl sites for hydroxylation is 1. The molecule has 1 aromatic heterocycles. The Hall–Kier alpha value is -1.76. The zero-order valence-corrected chi connectivity index (χ0v) is 12.1. The molecule has 2 N–H and O–H groups in total. The van der Waals surface area contributed by atoms with Crippen molar-refractivity contribution in [2.75, 3.05) is 0 Å². The highest BCUT2D eigenvalue weighted by atomic mass is 32.1. The number of amides is 1. The van der Waals surface area contributed by atoms with E-state index in [1.807, 2.05) is 0 Å². The van der Waals surface area contributed by atoms with Gasteiger partial charge >= 0.3 is 0 Å². The summed E-state index contributed by atoms with van der Waals surface area (Å²) in [6, 6.07) is 2.86. The third kappa shape index (κ3) is 2.97. The minimum Gasteiger partial charge on any atom is -0.353 e. The van der Waals surface area contributed by atoms with Crippen molar-refractivity contribution < 1.29 is 13.6 Å². The Balaban J connectivity index is 1.74. The van der Waals surface area contributed by atoms with Gasteiger partial charge in [0.25, 0.3) is 0 Å². The molecule has 0 spiro atoms. The summed E-state index contributed by atoms with van der Waals surface area (Å²) in [5.41, 5.74) is 0.587. The van der Waals surface area contributed by atoms with Crippen LogP contribution in [0.1, 0.15) is 25.7 Å². The Kier molecular flexibility index (Phi) is 3.75. The van der Waals surface area contributed by atoms with Gasteiger partial charge in [-0.1, -0.05) is 0 Å². The summed E-state index contributed by atoms with van der Waals surface area (Å²) in [5, 5.41) is 2.89. The van der Waals surface area contributed by atoms with Gasteiger partial charge in [-0.25, -0.2) is 8.78 Å². The van der Waals surface area contributed by atoms with Crippen LogP contribution in [-0.4, -0.2) is 21.5 Å². The zero-order chi connectivity index (χ0) is 15.0. The molecule has 1 aliphatic carbocycles. The van der Waals surface area contributed by atoms with Crippen molar-refractivity contribution in [2.24, 2.45) is 0 Å². The first-order valence-electron chi connectivity index (χ1n) is 6.92. The molecule has 1 aliphatic rings. The summed E-state index contributed by atoms with van der Waals surface area (Å²) in [4.78, 5) is 14.4. The Bertz CT molecular complexity index is 748. The third-order valence-corrected chi connectivity index (χ3v) is 3.88. The number of halogens is 2. The van der Waals surface area contributed by atoms with Gasteiger partial charge in [-0.05, 0) is 43.6 Å². The van der Waals surface area contributed by atoms with Gasteiger partial charge in [0.2, 0.25) is 5.91 Å². The van der Waals surface area contributed by atoms with Gasteiger partial charge in [-0.2, -0.15) is 0 Å². The molecule has 1 amide bonds. The summed E-state index contributed by atoms with van der Waals surface area (Å²) in [6.45, 7) is 0.372. The van der Waals surface area contributed by atoms with Crippen molar-refractivity contribution in [3.05, 3.63) is 28.5 Å². The number of carbonyl (C=O) groups excluding carboxylic acids is 1. The lowest BCUT2D eigenvalue weighted by Gasteiger charge is -2.06. The average Bonchev–Trinajstić information content (AvgIpc) is 3.18. The lowest BCUT2D eigenvalue weighted by Crippen LogP contribution is -2.25. The number of nitrogens with zero attached hydrogens (tertiary/aromatic N) is 1. The first kappa shape index (κ1) is 14.2. The van der Waals surface area contributed by atoms with E-state index in [1.54, 1.807) is 0 Å². The fourth-order valence-corrected chi connectivity index (χ4v) is 2.62. The molecular weight excluding hydrogens is 296 g/mol. The van der Waals surface area contributed by atoms with Crippen LogP contribution in [0.5, 0.6) is 0 Å². The molecule has 0 aliphatic heterocycles. The van der Waals surface area contributed by atoms with Crippen LogP contribution in [0.3, 0.4) is 0 Å². The van der Waals surface area contributed by atoms with Crippen molar-refractivity contribution in [1.29, 1.82) is 0 Å². The first-order valence-corrected chi connectivity index (χ1v) is 7.33. The number of hydrogen-bond acceptors (Lipinski definition) is 2. The van der Waals surface area contributed by atoms with E-state index >= 15 is 0 Å². The van der Waals surface area contributed by atoms with Crippen LogP contribution in [0.2, 0.25) is 0 Å². The second-order valence-corrected chi connectivity index (χ2v) is 5.67. The zero-order valence-electron chi connectivity index (χ0n) is 11.3. The molecule has 1 heterocycles. The van der Waals surface area contributed by atoms with Gasteiger partial charge < -0.3 is 14.9 Å². The molecule has 4 nitrogen and oxygen atoms in total. The largest absolute Gasteiger partial charge is 0.353 e. The number of carbonyl (C=O) groups is 1. The topological polar surface area (TPSA) is 49.8 Å². The van der Waals surface area contributed by atoms with Gasteiger partial charge in [0.1, 0.15) is 5.52 Å². The number of rotatable bonds is 5. The number of aromatic amines is 1. The van der Waals surface area contributed by atoms with E-state index in [-0.39, 0.29) is 11.4 Å². The van der Waals surface area contributed by atoms with Gasteiger partial charge in [-0.3, -0.25) is 4.79 Å². The maximum Gasteiger partial charge on any atom is 0.220 e. The molecule has 1 fully saturated rings. The molecular formula is C14H15F2N3OS. The third-order valence-electron chi connectivity index (χ3n) is 3.55. The smallest absolute Gasteiger partial charge is 0.220 e. The maximum absolute atomic E-state index is 13.9. The van der Waals surface area contributed by atoms with Crippen molar-refractivity contribution >= 4 is 29.2 Å². The van der Waals surface area contributed by atoms with Crippen LogP contribution in [0.25, 0.3) is 11.0 Å². The second-order valence-electron chi connectivity index (χ2n) is 5.28. The van der Waals surface area contributed by atoms with Crippen LogP contribution in [0.4, 0.5) is 8.78 Å². The molecule has 112 valence electrons. The predicted octanol–water partition coefficient (Wildman–Crippen LogP) is 3.04. The molecule has 0 atom stereocenters. The van der Waals surface area contributed by atoms with Crippen molar-refractivity contribution in [3.8, 4) is 0 Å². The summed E-state index contributed by atoms with van der Waals surface area (Å²) >= 11 is 5.13. The molecule has 0 radical (unpaired) electrons. The van der Waals surface area contributed by atoms with E-state index in [2.05, 4.69) is 10.3 Å². The normalized spacial score (nSPS) is 14.6. The predicted molar refractivity (Wildman–Crippen MR) is 77.4 cm³/mol. The fourth-order valence-electron chi connectivity index (χ4n) is 2.33. The summed E-state index contributed by atoms with van der Waals surface area (Å²) < 4.78 is 29.1. The standard InChI is InChI=1S/C14H15F2N3OS/c15-9-5-6-10-13(12(9)16)19(14(21)18-10)7-1-2-11(20)17-8-3-4-8/h5-6,8H,1-4,7H2,(H,17,20)(H,18,21). The van der Waals surface area contributed by atoms with Crippen LogP contribution >= 0.6 is 12.2 Å². The molecule has 21 heavy (non-hydrogen) atoms. The molecule has 0 saturated heterocycles.